The highest BCUT2D eigenvalue weighted by Gasteiger charge is 2.38. The van der Waals surface area contributed by atoms with E-state index in [0.717, 1.165) is 19.3 Å². The van der Waals surface area contributed by atoms with Gasteiger partial charge in [-0.15, -0.1) is 0 Å². The second-order valence-corrected chi connectivity index (χ2v) is 4.22. The van der Waals surface area contributed by atoms with Crippen molar-refractivity contribution in [2.75, 3.05) is 6.61 Å². The molecule has 1 rings (SSSR count). The molecule has 0 aromatic rings. The highest BCUT2D eigenvalue weighted by molar-refractivity contribution is 5.85. The minimum absolute atomic E-state index is 0.175. The van der Waals surface area contributed by atoms with Crippen LogP contribution in [0.1, 0.15) is 39.5 Å². The average molecular weight is 200 g/mol. The van der Waals surface area contributed by atoms with Crippen LogP contribution in [0.5, 0.6) is 0 Å². The fourth-order valence-corrected chi connectivity index (χ4v) is 2.04. The molecule has 0 radical (unpaired) electrons. The Kier molecular flexibility index (Phi) is 3.89. The summed E-state index contributed by atoms with van der Waals surface area (Å²) in [7, 11) is 0. The van der Waals surface area contributed by atoms with Crippen molar-refractivity contribution < 1.29 is 9.63 Å². The molecule has 4 nitrogen and oxygen atoms in total. The molecule has 1 aliphatic rings. The van der Waals surface area contributed by atoms with Gasteiger partial charge in [-0.3, -0.25) is 9.63 Å². The maximum Gasteiger partial charge on any atom is 0.263 e. The van der Waals surface area contributed by atoms with E-state index < -0.39 is 5.54 Å². The normalized spacial score (nSPS) is 32.6. The van der Waals surface area contributed by atoms with Crippen LogP contribution in [0.25, 0.3) is 0 Å². The Labute approximate surface area is 85.1 Å². The average Bonchev–Trinajstić information content (AvgIpc) is 2.13. The maximum atomic E-state index is 11.7. The lowest BCUT2D eigenvalue weighted by atomic mass is 9.77. The van der Waals surface area contributed by atoms with Gasteiger partial charge in [0.25, 0.3) is 5.91 Å². The number of nitrogens with two attached hydrogens (primary N) is 1. The van der Waals surface area contributed by atoms with Gasteiger partial charge in [-0.05, 0) is 25.7 Å². The number of amides is 1. The van der Waals surface area contributed by atoms with Crippen LogP contribution in [-0.4, -0.2) is 18.1 Å². The summed E-state index contributed by atoms with van der Waals surface area (Å²) < 4.78 is 0. The third-order valence-corrected chi connectivity index (χ3v) is 2.79. The minimum Gasteiger partial charge on any atom is -0.317 e. The molecular formula is C10H20N2O2. The molecule has 0 spiro atoms. The largest absolute Gasteiger partial charge is 0.317 e. The molecule has 0 aromatic carbocycles. The first-order chi connectivity index (χ1) is 6.58. The zero-order valence-electron chi connectivity index (χ0n) is 9.01. The van der Waals surface area contributed by atoms with Crippen LogP contribution in [0.3, 0.4) is 0 Å². The van der Waals surface area contributed by atoms with E-state index in [1.165, 1.54) is 6.42 Å². The first-order valence-electron chi connectivity index (χ1n) is 5.29. The standard InChI is InChI=1S/C10H20N2O2/c1-3-14-12-9(13)10(11)6-4-5-8(2)7-10/h8H,3-7,11H2,1-2H3,(H,12,13). The summed E-state index contributed by atoms with van der Waals surface area (Å²) in [5, 5.41) is 0. The monoisotopic (exact) mass is 200 g/mol. The Morgan fingerprint density at radius 3 is 3.00 bits per heavy atom. The molecule has 4 heteroatoms. The Hall–Kier alpha value is -0.610. The van der Waals surface area contributed by atoms with Crippen LogP contribution in [0.15, 0.2) is 0 Å². The molecule has 1 amide bonds. The van der Waals surface area contributed by atoms with Crippen LogP contribution in [-0.2, 0) is 9.63 Å². The van der Waals surface area contributed by atoms with Crippen molar-refractivity contribution in [3.05, 3.63) is 0 Å². The predicted molar refractivity (Wildman–Crippen MR) is 54.3 cm³/mol. The van der Waals surface area contributed by atoms with Crippen LogP contribution in [0, 0.1) is 5.92 Å². The molecule has 0 saturated heterocycles. The first-order valence-corrected chi connectivity index (χ1v) is 5.29. The van der Waals surface area contributed by atoms with Crippen molar-refractivity contribution >= 4 is 5.91 Å². The van der Waals surface area contributed by atoms with E-state index in [9.17, 15) is 4.79 Å². The molecule has 0 bridgehead atoms. The van der Waals surface area contributed by atoms with Gasteiger partial charge < -0.3 is 5.73 Å². The van der Waals surface area contributed by atoms with Crippen molar-refractivity contribution in [1.82, 2.24) is 5.48 Å². The first kappa shape index (κ1) is 11.5. The van der Waals surface area contributed by atoms with E-state index in [-0.39, 0.29) is 5.91 Å². The summed E-state index contributed by atoms with van der Waals surface area (Å²) in [5.41, 5.74) is 7.73. The molecule has 0 heterocycles. The molecular weight excluding hydrogens is 180 g/mol. The third kappa shape index (κ3) is 2.69. The molecule has 0 aromatic heterocycles. The Balaban J connectivity index is 2.50. The van der Waals surface area contributed by atoms with Gasteiger partial charge >= 0.3 is 0 Å². The summed E-state index contributed by atoms with van der Waals surface area (Å²) >= 11 is 0. The van der Waals surface area contributed by atoms with Gasteiger partial charge in [-0.2, -0.15) is 0 Å². The summed E-state index contributed by atoms with van der Waals surface area (Å²) in [4.78, 5) is 16.5. The molecule has 2 unspecified atom stereocenters. The number of hydrogen-bond acceptors (Lipinski definition) is 3. The quantitative estimate of drug-likeness (QED) is 0.667. The molecule has 0 aliphatic heterocycles. The van der Waals surface area contributed by atoms with E-state index in [1.54, 1.807) is 0 Å². The maximum absolute atomic E-state index is 11.7. The zero-order valence-corrected chi connectivity index (χ0v) is 9.01. The van der Waals surface area contributed by atoms with Crippen molar-refractivity contribution in [1.29, 1.82) is 0 Å². The molecule has 3 N–H and O–H groups in total. The number of hydroxylamine groups is 1. The molecule has 14 heavy (non-hydrogen) atoms. The van der Waals surface area contributed by atoms with Gasteiger partial charge in [-0.1, -0.05) is 19.8 Å². The van der Waals surface area contributed by atoms with Crippen molar-refractivity contribution in [3.63, 3.8) is 0 Å². The lowest BCUT2D eigenvalue weighted by molar-refractivity contribution is -0.140. The van der Waals surface area contributed by atoms with Crippen LogP contribution in [0.4, 0.5) is 0 Å². The zero-order chi connectivity index (χ0) is 10.6. The third-order valence-electron chi connectivity index (χ3n) is 2.79. The Morgan fingerprint density at radius 1 is 1.71 bits per heavy atom. The molecule has 82 valence electrons. The van der Waals surface area contributed by atoms with Crippen LogP contribution in [0.2, 0.25) is 0 Å². The van der Waals surface area contributed by atoms with Crippen molar-refractivity contribution in [3.8, 4) is 0 Å². The molecule has 1 aliphatic carbocycles. The summed E-state index contributed by atoms with van der Waals surface area (Å²) in [6, 6.07) is 0. The van der Waals surface area contributed by atoms with Crippen LogP contribution >= 0.6 is 0 Å². The van der Waals surface area contributed by atoms with E-state index in [2.05, 4.69) is 12.4 Å². The number of carbonyl (C=O) groups is 1. The summed E-state index contributed by atoms with van der Waals surface area (Å²) in [5.74, 6) is 0.354. The summed E-state index contributed by atoms with van der Waals surface area (Å²) in [6.45, 7) is 4.43. The summed E-state index contributed by atoms with van der Waals surface area (Å²) in [6.07, 6.45) is 3.71. The second-order valence-electron chi connectivity index (χ2n) is 4.22. The Morgan fingerprint density at radius 2 is 2.43 bits per heavy atom. The molecule has 2 atom stereocenters. The fourth-order valence-electron chi connectivity index (χ4n) is 2.04. The van der Waals surface area contributed by atoms with Crippen molar-refractivity contribution in [2.45, 2.75) is 45.1 Å². The van der Waals surface area contributed by atoms with E-state index in [0.29, 0.717) is 12.5 Å². The van der Waals surface area contributed by atoms with Crippen LogP contribution < -0.4 is 11.2 Å². The molecule has 1 fully saturated rings. The van der Waals surface area contributed by atoms with E-state index in [1.807, 2.05) is 6.92 Å². The highest BCUT2D eigenvalue weighted by Crippen LogP contribution is 2.30. The van der Waals surface area contributed by atoms with Gasteiger partial charge in [0.15, 0.2) is 0 Å². The van der Waals surface area contributed by atoms with Gasteiger partial charge in [0.1, 0.15) is 0 Å². The topological polar surface area (TPSA) is 64.3 Å². The molecule has 1 saturated carbocycles. The van der Waals surface area contributed by atoms with E-state index >= 15 is 0 Å². The number of hydrogen-bond donors (Lipinski definition) is 2. The smallest absolute Gasteiger partial charge is 0.263 e. The van der Waals surface area contributed by atoms with Gasteiger partial charge in [-0.25, -0.2) is 5.48 Å². The predicted octanol–water partition coefficient (Wildman–Crippen LogP) is 0.962. The Bertz CT molecular complexity index is 208. The lowest BCUT2D eigenvalue weighted by Gasteiger charge is -2.34. The second kappa shape index (κ2) is 4.75. The van der Waals surface area contributed by atoms with Gasteiger partial charge in [0, 0.05) is 0 Å². The van der Waals surface area contributed by atoms with Gasteiger partial charge in [0.05, 0.1) is 12.1 Å². The minimum atomic E-state index is -0.715. The highest BCUT2D eigenvalue weighted by atomic mass is 16.6. The van der Waals surface area contributed by atoms with Crippen molar-refractivity contribution in [2.24, 2.45) is 11.7 Å². The lowest BCUT2D eigenvalue weighted by Crippen LogP contribution is -2.56. The fraction of sp³-hybridized carbons (Fsp3) is 0.900. The number of nitrogens with one attached hydrogen (secondary N) is 1. The number of carbonyl (C=O) groups excluding carboxylic acids is 1. The van der Waals surface area contributed by atoms with Gasteiger partial charge in [0.2, 0.25) is 0 Å². The SMILES string of the molecule is CCONC(=O)C1(N)CCCC(C)C1. The van der Waals surface area contributed by atoms with E-state index in [4.69, 9.17) is 10.6 Å². The number of rotatable bonds is 3.